The van der Waals surface area contributed by atoms with Gasteiger partial charge in [-0.15, -0.1) is 10.7 Å². The van der Waals surface area contributed by atoms with Crippen LogP contribution < -0.4 is 21.6 Å². The lowest BCUT2D eigenvalue weighted by Gasteiger charge is -2.30. The first-order valence-electron chi connectivity index (χ1n) is 10.2. The maximum absolute atomic E-state index is 13.9. The van der Waals surface area contributed by atoms with Crippen molar-refractivity contribution in [2.24, 2.45) is 5.84 Å². The van der Waals surface area contributed by atoms with Crippen molar-refractivity contribution in [2.45, 2.75) is 59.7 Å². The topological polar surface area (TPSA) is 106 Å². The van der Waals surface area contributed by atoms with Crippen LogP contribution in [0.2, 0.25) is 0 Å². The Balaban J connectivity index is 2.05. The number of carbonyl (C=O) groups is 2. The molecule has 0 aromatic heterocycles. The van der Waals surface area contributed by atoms with Gasteiger partial charge in [0.1, 0.15) is 5.75 Å². The van der Waals surface area contributed by atoms with Crippen LogP contribution in [-0.2, 0) is 16.7 Å². The number of rotatable bonds is 4. The van der Waals surface area contributed by atoms with Gasteiger partial charge in [-0.05, 0) is 49.4 Å². The average molecular weight is 425 g/mol. The Kier molecular flexibility index (Phi) is 5.13. The van der Waals surface area contributed by atoms with Gasteiger partial charge in [-0.1, -0.05) is 38.0 Å². The highest BCUT2D eigenvalue weighted by molar-refractivity contribution is 6.14. The number of hydrogen-bond acceptors (Lipinski definition) is 7. The Hall–Kier alpha value is -2.78. The van der Waals surface area contributed by atoms with Gasteiger partial charge in [0.25, 0.3) is 5.91 Å². The molecule has 1 atom stereocenters. The lowest BCUT2D eigenvalue weighted by atomic mass is 9.75. The molecule has 0 spiro atoms. The molecule has 4 N–H and O–H groups in total. The van der Waals surface area contributed by atoms with E-state index in [2.05, 4.69) is 11.1 Å². The molecule has 8 nitrogen and oxygen atoms in total. The summed E-state index contributed by atoms with van der Waals surface area (Å²) in [5, 5.41) is 0.930. The van der Waals surface area contributed by atoms with Crippen LogP contribution in [0.15, 0.2) is 18.2 Å². The van der Waals surface area contributed by atoms with E-state index in [0.29, 0.717) is 34.4 Å². The second-order valence-electron chi connectivity index (χ2n) is 9.23. The molecular formula is C23H28N4O4. The zero-order chi connectivity index (χ0) is 22.7. The molecule has 2 aromatic carbocycles. The van der Waals surface area contributed by atoms with Crippen LogP contribution in [0.4, 0.5) is 0 Å². The maximum atomic E-state index is 13.9. The zero-order valence-corrected chi connectivity index (χ0v) is 18.7. The third kappa shape index (κ3) is 3.51. The standard InChI is InChI=1S/C23H28N4O4/c1-11-7-12(2)9-14(8-11)20(28)18-19(23(4,5)6)17-13(3)15-10-16(30-21(15)18)31-27(22(17)29)26-25-24/h7-9,16,25-26H,10,24H2,1-6H3. The molecule has 0 fully saturated rings. The van der Waals surface area contributed by atoms with Crippen LogP contribution in [-0.4, -0.2) is 23.2 Å². The third-order valence-corrected chi connectivity index (χ3v) is 5.70. The number of amides is 1. The fourth-order valence-electron chi connectivity index (χ4n) is 4.56. The summed E-state index contributed by atoms with van der Waals surface area (Å²) in [6, 6.07) is 5.75. The molecule has 2 aliphatic heterocycles. The van der Waals surface area contributed by atoms with E-state index in [0.717, 1.165) is 27.4 Å². The molecule has 0 aliphatic carbocycles. The number of hydrazine groups is 3. The van der Waals surface area contributed by atoms with E-state index in [4.69, 9.17) is 15.4 Å². The van der Waals surface area contributed by atoms with Crippen LogP contribution in [0.5, 0.6) is 5.75 Å². The summed E-state index contributed by atoms with van der Waals surface area (Å²) >= 11 is 0. The SMILES string of the molecule is Cc1cc(C)cc(C(=O)c2c3c4c(C)c(c2C(C)(C)C)C(=O)N(NNN)OC(C4)O3)c1. The lowest BCUT2D eigenvalue weighted by Crippen LogP contribution is -2.55. The molecule has 0 radical (unpaired) electrons. The highest BCUT2D eigenvalue weighted by Crippen LogP contribution is 2.46. The monoisotopic (exact) mass is 424 g/mol. The van der Waals surface area contributed by atoms with Crippen molar-refractivity contribution < 1.29 is 19.2 Å². The van der Waals surface area contributed by atoms with E-state index >= 15 is 0 Å². The van der Waals surface area contributed by atoms with Crippen molar-refractivity contribution in [1.29, 1.82) is 0 Å². The number of ether oxygens (including phenoxy) is 1. The minimum absolute atomic E-state index is 0.166. The van der Waals surface area contributed by atoms with E-state index in [-0.39, 0.29) is 5.78 Å². The molecule has 8 heteroatoms. The zero-order valence-electron chi connectivity index (χ0n) is 18.7. The van der Waals surface area contributed by atoms with Crippen molar-refractivity contribution in [1.82, 2.24) is 16.2 Å². The van der Waals surface area contributed by atoms with Gasteiger partial charge in [0.2, 0.25) is 6.29 Å². The summed E-state index contributed by atoms with van der Waals surface area (Å²) in [6.45, 7) is 11.7. The van der Waals surface area contributed by atoms with Crippen LogP contribution >= 0.6 is 0 Å². The molecular weight excluding hydrogens is 396 g/mol. The molecule has 2 heterocycles. The lowest BCUT2D eigenvalue weighted by molar-refractivity contribution is -0.248. The molecule has 2 aromatic rings. The highest BCUT2D eigenvalue weighted by atomic mass is 16.8. The van der Waals surface area contributed by atoms with Gasteiger partial charge in [-0.3, -0.25) is 15.4 Å². The van der Waals surface area contributed by atoms with Crippen LogP contribution in [0, 0.1) is 20.8 Å². The third-order valence-electron chi connectivity index (χ3n) is 5.70. The van der Waals surface area contributed by atoms with Gasteiger partial charge in [0.15, 0.2) is 5.78 Å². The average Bonchev–Trinajstić information content (AvgIpc) is 3.10. The summed E-state index contributed by atoms with van der Waals surface area (Å²) < 4.78 is 6.11. The van der Waals surface area contributed by atoms with E-state index in [1.807, 2.05) is 59.7 Å². The number of nitrogens with one attached hydrogen (secondary N) is 2. The summed E-state index contributed by atoms with van der Waals surface area (Å²) in [5.74, 6) is 5.26. The Morgan fingerprint density at radius 3 is 2.39 bits per heavy atom. The molecule has 4 rings (SSSR count). The molecule has 0 saturated heterocycles. The fourth-order valence-corrected chi connectivity index (χ4v) is 4.56. The number of nitrogens with two attached hydrogens (primary N) is 1. The van der Waals surface area contributed by atoms with E-state index in [1.165, 1.54) is 0 Å². The predicted octanol–water partition coefficient (Wildman–Crippen LogP) is 2.67. The van der Waals surface area contributed by atoms with Gasteiger partial charge >= 0.3 is 0 Å². The largest absolute Gasteiger partial charge is 0.461 e. The predicted molar refractivity (Wildman–Crippen MR) is 115 cm³/mol. The Morgan fingerprint density at radius 2 is 1.81 bits per heavy atom. The Bertz CT molecular complexity index is 1080. The van der Waals surface area contributed by atoms with Gasteiger partial charge in [0, 0.05) is 17.5 Å². The number of benzene rings is 2. The minimum atomic E-state index is -0.757. The van der Waals surface area contributed by atoms with Crippen molar-refractivity contribution in [3.8, 4) is 5.75 Å². The Morgan fingerprint density at radius 1 is 1.16 bits per heavy atom. The number of nitrogens with zero attached hydrogens (tertiary/aromatic N) is 1. The van der Waals surface area contributed by atoms with Gasteiger partial charge in [-0.25, -0.2) is 4.84 Å². The Labute approximate surface area is 181 Å². The van der Waals surface area contributed by atoms with Gasteiger partial charge in [0.05, 0.1) is 11.1 Å². The molecule has 2 aliphatic rings. The van der Waals surface area contributed by atoms with Crippen molar-refractivity contribution in [2.75, 3.05) is 0 Å². The second kappa shape index (κ2) is 7.42. The second-order valence-corrected chi connectivity index (χ2v) is 9.23. The molecule has 0 saturated carbocycles. The van der Waals surface area contributed by atoms with E-state index in [1.54, 1.807) is 0 Å². The first kappa shape index (κ1) is 21.5. The van der Waals surface area contributed by atoms with Crippen LogP contribution in [0.25, 0.3) is 0 Å². The maximum Gasteiger partial charge on any atom is 0.294 e. The van der Waals surface area contributed by atoms with E-state index in [9.17, 15) is 9.59 Å². The van der Waals surface area contributed by atoms with Crippen LogP contribution in [0.1, 0.15) is 74.9 Å². The van der Waals surface area contributed by atoms with Gasteiger partial charge < -0.3 is 4.74 Å². The van der Waals surface area contributed by atoms with E-state index < -0.39 is 17.6 Å². The van der Waals surface area contributed by atoms with Crippen molar-refractivity contribution >= 4 is 11.7 Å². The smallest absolute Gasteiger partial charge is 0.294 e. The first-order valence-corrected chi connectivity index (χ1v) is 10.2. The number of fused-ring (bicyclic) bond motifs is 2. The van der Waals surface area contributed by atoms with Gasteiger partial charge in [-0.2, -0.15) is 5.53 Å². The molecule has 1 unspecified atom stereocenters. The number of aryl methyl sites for hydroxylation is 2. The van der Waals surface area contributed by atoms with Crippen molar-refractivity contribution in [3.05, 3.63) is 62.7 Å². The summed E-state index contributed by atoms with van der Waals surface area (Å²) in [7, 11) is 0. The number of ketones is 1. The number of hydrogen-bond donors (Lipinski definition) is 3. The number of carbonyl (C=O) groups excluding carboxylic acids is 2. The quantitative estimate of drug-likeness (QED) is 0.394. The highest BCUT2D eigenvalue weighted by Gasteiger charge is 2.43. The molecule has 1 amide bonds. The van der Waals surface area contributed by atoms with Crippen LogP contribution in [0.3, 0.4) is 0 Å². The molecule has 31 heavy (non-hydrogen) atoms. The summed E-state index contributed by atoms with van der Waals surface area (Å²) in [4.78, 5) is 33.1. The number of hydroxylamine groups is 1. The summed E-state index contributed by atoms with van der Waals surface area (Å²) in [6.07, 6.45) is -0.338. The normalized spacial score (nSPS) is 17.6. The summed E-state index contributed by atoms with van der Waals surface area (Å²) in [5.41, 5.74) is 9.86. The van der Waals surface area contributed by atoms with Crippen molar-refractivity contribution in [3.63, 3.8) is 0 Å². The fraction of sp³-hybridized carbons (Fsp3) is 0.391. The molecule has 164 valence electrons. The minimum Gasteiger partial charge on any atom is -0.461 e. The molecule has 3 bridgehead atoms. The first-order chi connectivity index (χ1) is 14.5.